The van der Waals surface area contributed by atoms with Crippen LogP contribution >= 0.6 is 0 Å². The lowest BCUT2D eigenvalue weighted by Crippen LogP contribution is -2.65. The fourth-order valence-electron chi connectivity index (χ4n) is 6.73. The molecular weight excluding hydrogens is 462 g/mol. The summed E-state index contributed by atoms with van der Waals surface area (Å²) in [6.45, 7) is 7.84. The van der Waals surface area contributed by atoms with Gasteiger partial charge in [0, 0.05) is 42.9 Å². The molecule has 1 unspecified atom stereocenters. The number of amides is 1. The Balaban J connectivity index is 1.28. The minimum absolute atomic E-state index is 0.0256. The summed E-state index contributed by atoms with van der Waals surface area (Å²) in [5, 5.41) is 10.6. The molecule has 2 N–H and O–H groups in total. The van der Waals surface area contributed by atoms with Crippen LogP contribution in [-0.4, -0.2) is 48.4 Å². The summed E-state index contributed by atoms with van der Waals surface area (Å²) in [6, 6.07) is 8.97. The molecule has 1 aromatic heterocycles. The van der Waals surface area contributed by atoms with E-state index in [1.165, 1.54) is 17.8 Å². The molecule has 2 fully saturated rings. The highest BCUT2D eigenvalue weighted by molar-refractivity contribution is 7.89. The Bertz CT molecular complexity index is 1230. The molecule has 1 saturated heterocycles. The molecule has 1 amide bonds. The van der Waals surface area contributed by atoms with Gasteiger partial charge in [-0.3, -0.25) is 9.78 Å². The first-order valence-corrected chi connectivity index (χ1v) is 14.0. The van der Waals surface area contributed by atoms with Crippen molar-refractivity contribution in [3.63, 3.8) is 0 Å². The van der Waals surface area contributed by atoms with Gasteiger partial charge in [0.1, 0.15) is 10.6 Å². The van der Waals surface area contributed by atoms with E-state index in [0.717, 1.165) is 24.8 Å². The van der Waals surface area contributed by atoms with Crippen LogP contribution in [0.1, 0.15) is 57.6 Å². The first kappa shape index (κ1) is 24.3. The number of piperidine rings is 1. The van der Waals surface area contributed by atoms with Gasteiger partial charge in [0.05, 0.1) is 0 Å². The van der Waals surface area contributed by atoms with Gasteiger partial charge in [-0.25, -0.2) is 13.1 Å². The van der Waals surface area contributed by atoms with E-state index in [-0.39, 0.29) is 39.5 Å². The van der Waals surface area contributed by atoms with E-state index in [9.17, 15) is 18.3 Å². The number of phenols is 1. The number of phenolic OH excluding ortho intramolecular Hbond substituents is 1. The summed E-state index contributed by atoms with van der Waals surface area (Å²) in [6.07, 6.45) is 6.71. The lowest BCUT2D eigenvalue weighted by molar-refractivity contribution is -0.148. The zero-order valence-electron chi connectivity index (χ0n) is 20.7. The molecule has 7 nitrogen and oxygen atoms in total. The number of nitrogens with one attached hydrogen (secondary N) is 1. The summed E-state index contributed by atoms with van der Waals surface area (Å²) in [5.74, 6) is 0.551. The third-order valence-electron chi connectivity index (χ3n) is 9.31. The highest BCUT2D eigenvalue weighted by Crippen LogP contribution is 2.57. The van der Waals surface area contributed by atoms with Crippen molar-refractivity contribution in [1.29, 1.82) is 0 Å². The van der Waals surface area contributed by atoms with Crippen molar-refractivity contribution < 1.29 is 18.3 Å². The molecule has 188 valence electrons. The van der Waals surface area contributed by atoms with Crippen molar-refractivity contribution >= 4 is 15.9 Å². The topological polar surface area (TPSA) is 99.6 Å². The number of carbonyl (C=O) groups is 1. The van der Waals surface area contributed by atoms with E-state index in [4.69, 9.17) is 0 Å². The molecule has 0 spiro atoms. The molecular formula is C27H35N3O4S. The van der Waals surface area contributed by atoms with Gasteiger partial charge >= 0.3 is 0 Å². The van der Waals surface area contributed by atoms with Crippen LogP contribution in [0.15, 0.2) is 47.6 Å². The van der Waals surface area contributed by atoms with Crippen LogP contribution in [0.25, 0.3) is 0 Å². The van der Waals surface area contributed by atoms with Crippen LogP contribution in [0.3, 0.4) is 0 Å². The number of rotatable bonds is 5. The van der Waals surface area contributed by atoms with E-state index >= 15 is 0 Å². The summed E-state index contributed by atoms with van der Waals surface area (Å²) in [5.41, 5.74) is 1.96. The maximum atomic E-state index is 13.8. The Morgan fingerprint density at radius 3 is 2.74 bits per heavy atom. The Labute approximate surface area is 208 Å². The second-order valence-corrected chi connectivity index (χ2v) is 13.0. The predicted molar refractivity (Wildman–Crippen MR) is 133 cm³/mol. The van der Waals surface area contributed by atoms with Gasteiger partial charge in [-0.1, -0.05) is 32.9 Å². The van der Waals surface area contributed by atoms with Crippen LogP contribution < -0.4 is 4.72 Å². The SMILES string of the molecule is CC1(C)[C@H]2Cc3c(O)cccc3[C@]1(C)CCN2C(=O)[C@@H]1CCC(CNS(=O)(=O)c2cccnc2)C1. The number of aromatic hydroxyl groups is 1. The average molecular weight is 498 g/mol. The van der Waals surface area contributed by atoms with Crippen LogP contribution in [0.4, 0.5) is 0 Å². The van der Waals surface area contributed by atoms with Crippen molar-refractivity contribution in [3.8, 4) is 5.75 Å². The summed E-state index contributed by atoms with van der Waals surface area (Å²) in [7, 11) is -3.60. The van der Waals surface area contributed by atoms with E-state index in [0.29, 0.717) is 31.7 Å². The number of hydrogen-bond acceptors (Lipinski definition) is 5. The fraction of sp³-hybridized carbons (Fsp3) is 0.556. The van der Waals surface area contributed by atoms with E-state index in [1.54, 1.807) is 18.3 Å². The number of carbonyl (C=O) groups excluding carboxylic acids is 1. The molecule has 8 heteroatoms. The Morgan fingerprint density at radius 1 is 1.20 bits per heavy atom. The van der Waals surface area contributed by atoms with Crippen molar-refractivity contribution in [3.05, 3.63) is 53.9 Å². The molecule has 3 aliphatic rings. The smallest absolute Gasteiger partial charge is 0.242 e. The van der Waals surface area contributed by atoms with Gasteiger partial charge in [-0.15, -0.1) is 0 Å². The molecule has 1 aliphatic heterocycles. The number of fused-ring (bicyclic) bond motifs is 4. The molecule has 35 heavy (non-hydrogen) atoms. The van der Waals surface area contributed by atoms with Gasteiger partial charge < -0.3 is 10.0 Å². The number of aromatic nitrogens is 1. The first-order valence-electron chi connectivity index (χ1n) is 12.6. The maximum absolute atomic E-state index is 13.8. The minimum atomic E-state index is -3.60. The normalized spacial score (nSPS) is 29.6. The number of sulfonamides is 1. The lowest BCUT2D eigenvalue weighted by Gasteiger charge is -2.61. The largest absolute Gasteiger partial charge is 0.508 e. The number of hydrogen-bond donors (Lipinski definition) is 2. The third kappa shape index (κ3) is 3.95. The molecule has 1 saturated carbocycles. The van der Waals surface area contributed by atoms with Gasteiger partial charge in [0.25, 0.3) is 0 Å². The molecule has 0 radical (unpaired) electrons. The summed E-state index contributed by atoms with van der Waals surface area (Å²) in [4.78, 5) is 19.9. The molecule has 1 aromatic carbocycles. The Hall–Kier alpha value is -2.45. The Kier molecular flexibility index (Phi) is 5.95. The quantitative estimate of drug-likeness (QED) is 0.657. The second kappa shape index (κ2) is 8.59. The third-order valence-corrected chi connectivity index (χ3v) is 10.7. The monoisotopic (exact) mass is 497 g/mol. The van der Waals surface area contributed by atoms with Crippen molar-refractivity contribution in [1.82, 2.24) is 14.6 Å². The van der Waals surface area contributed by atoms with Crippen molar-refractivity contribution in [2.75, 3.05) is 13.1 Å². The lowest BCUT2D eigenvalue weighted by atomic mass is 9.51. The fourth-order valence-corrected chi connectivity index (χ4v) is 7.80. The summed E-state index contributed by atoms with van der Waals surface area (Å²) < 4.78 is 27.8. The molecule has 2 heterocycles. The molecule has 2 bridgehead atoms. The van der Waals surface area contributed by atoms with Crippen molar-refractivity contribution in [2.45, 2.75) is 69.2 Å². The van der Waals surface area contributed by atoms with Gasteiger partial charge in [0.15, 0.2) is 0 Å². The second-order valence-electron chi connectivity index (χ2n) is 11.3. The van der Waals surface area contributed by atoms with Crippen LogP contribution in [0, 0.1) is 17.3 Å². The average Bonchev–Trinajstić information content (AvgIpc) is 3.30. The first-order chi connectivity index (χ1) is 16.5. The highest BCUT2D eigenvalue weighted by atomic mass is 32.2. The number of pyridine rings is 1. The molecule has 2 aromatic rings. The standard InChI is InChI=1S/C27H35N3O4S/c1-26(2)24-15-21-22(7-4-8-23(21)31)27(26,3)11-13-30(24)25(32)19-10-9-18(14-19)16-29-35(33,34)20-6-5-12-28-17-20/h4-8,12,17-19,24,29,31H,9-11,13-16H2,1-3H3/t18?,19-,24-,27+/m1/s1. The van der Waals surface area contributed by atoms with Gasteiger partial charge in [-0.2, -0.15) is 0 Å². The van der Waals surface area contributed by atoms with E-state index in [2.05, 4.69) is 41.4 Å². The van der Waals surface area contributed by atoms with E-state index < -0.39 is 10.0 Å². The number of nitrogens with zero attached hydrogens (tertiary/aromatic N) is 2. The van der Waals surface area contributed by atoms with Gasteiger partial charge in [0.2, 0.25) is 15.9 Å². The zero-order valence-corrected chi connectivity index (χ0v) is 21.5. The number of benzene rings is 1. The molecule has 4 atom stereocenters. The van der Waals surface area contributed by atoms with Crippen LogP contribution in [0.5, 0.6) is 5.75 Å². The predicted octanol–water partition coefficient (Wildman–Crippen LogP) is 3.62. The van der Waals surface area contributed by atoms with Crippen molar-refractivity contribution in [2.24, 2.45) is 17.3 Å². The van der Waals surface area contributed by atoms with Gasteiger partial charge in [-0.05, 0) is 72.8 Å². The Morgan fingerprint density at radius 2 is 2.00 bits per heavy atom. The number of likely N-dealkylation sites (tertiary alicyclic amines) is 1. The molecule has 5 rings (SSSR count). The van der Waals surface area contributed by atoms with Crippen LogP contribution in [0.2, 0.25) is 0 Å². The minimum Gasteiger partial charge on any atom is -0.508 e. The summed E-state index contributed by atoms with van der Waals surface area (Å²) >= 11 is 0. The maximum Gasteiger partial charge on any atom is 0.242 e. The van der Waals surface area contributed by atoms with E-state index in [1.807, 2.05) is 6.07 Å². The molecule has 2 aliphatic carbocycles. The van der Waals surface area contributed by atoms with Crippen LogP contribution in [-0.2, 0) is 26.7 Å². The highest BCUT2D eigenvalue weighted by Gasteiger charge is 2.57. The zero-order chi connectivity index (χ0) is 25.0.